The number of aromatic nitrogens is 2. The Kier molecular flexibility index (Phi) is 4.86. The number of para-hydroxylation sites is 1. The van der Waals surface area contributed by atoms with Crippen LogP contribution in [-0.2, 0) is 0 Å². The summed E-state index contributed by atoms with van der Waals surface area (Å²) in [4.78, 5) is 8.90. The van der Waals surface area contributed by atoms with Crippen LogP contribution in [0.2, 0.25) is 0 Å². The average Bonchev–Trinajstić information content (AvgIpc) is 2.46. The molecule has 0 aliphatic carbocycles. The highest BCUT2D eigenvalue weighted by molar-refractivity contribution is 5.81. The summed E-state index contributed by atoms with van der Waals surface area (Å²) < 4.78 is 0. The molecule has 1 heterocycles. The molecule has 0 spiro atoms. The van der Waals surface area contributed by atoms with Crippen molar-refractivity contribution >= 4 is 10.9 Å². The summed E-state index contributed by atoms with van der Waals surface area (Å²) in [6, 6.07) is 8.70. The van der Waals surface area contributed by atoms with Gasteiger partial charge in [-0.15, -0.1) is 0 Å². The van der Waals surface area contributed by atoms with Crippen molar-refractivity contribution in [2.75, 3.05) is 6.54 Å². The van der Waals surface area contributed by atoms with Crippen LogP contribution in [0.4, 0.5) is 0 Å². The first kappa shape index (κ1) is 13.9. The first-order chi connectivity index (χ1) is 9.27. The molecule has 0 aliphatic heterocycles. The molecule has 3 heteroatoms. The van der Waals surface area contributed by atoms with Gasteiger partial charge in [-0.25, -0.2) is 9.97 Å². The Morgan fingerprint density at radius 3 is 2.68 bits per heavy atom. The van der Waals surface area contributed by atoms with Gasteiger partial charge in [0.1, 0.15) is 6.33 Å². The monoisotopic (exact) mass is 257 g/mol. The van der Waals surface area contributed by atoms with Gasteiger partial charge >= 0.3 is 0 Å². The van der Waals surface area contributed by atoms with Crippen LogP contribution in [0.3, 0.4) is 0 Å². The van der Waals surface area contributed by atoms with Gasteiger partial charge < -0.3 is 5.32 Å². The molecule has 0 amide bonds. The fraction of sp³-hybridized carbons (Fsp3) is 0.500. The van der Waals surface area contributed by atoms with E-state index in [2.05, 4.69) is 54.3 Å². The van der Waals surface area contributed by atoms with Crippen LogP contribution in [0.1, 0.15) is 45.2 Å². The third-order valence-electron chi connectivity index (χ3n) is 3.68. The Morgan fingerprint density at radius 1 is 1.16 bits per heavy atom. The molecule has 2 rings (SSSR count). The molecular weight excluding hydrogens is 234 g/mol. The van der Waals surface area contributed by atoms with E-state index in [1.54, 1.807) is 6.33 Å². The van der Waals surface area contributed by atoms with Gasteiger partial charge in [-0.1, -0.05) is 32.0 Å². The van der Waals surface area contributed by atoms with Crippen LogP contribution in [0.15, 0.2) is 30.6 Å². The van der Waals surface area contributed by atoms with Gasteiger partial charge in [-0.05, 0) is 32.4 Å². The Morgan fingerprint density at radius 2 is 1.95 bits per heavy atom. The highest BCUT2D eigenvalue weighted by Crippen LogP contribution is 2.27. The van der Waals surface area contributed by atoms with Crippen molar-refractivity contribution in [3.63, 3.8) is 0 Å². The van der Waals surface area contributed by atoms with E-state index < -0.39 is 0 Å². The normalized spacial score (nSPS) is 14.5. The van der Waals surface area contributed by atoms with Gasteiger partial charge in [0.25, 0.3) is 0 Å². The number of benzene rings is 1. The van der Waals surface area contributed by atoms with Crippen LogP contribution < -0.4 is 5.32 Å². The lowest BCUT2D eigenvalue weighted by atomic mass is 9.91. The SMILES string of the molecule is CCCNC(C)C(CC)c1ncnc2ccccc12. The number of rotatable bonds is 6. The van der Waals surface area contributed by atoms with Crippen molar-refractivity contribution < 1.29 is 0 Å². The van der Waals surface area contributed by atoms with Crippen molar-refractivity contribution in [1.29, 1.82) is 0 Å². The smallest absolute Gasteiger partial charge is 0.116 e. The zero-order valence-corrected chi connectivity index (χ0v) is 12.1. The summed E-state index contributed by atoms with van der Waals surface area (Å²) in [5.74, 6) is 0.430. The zero-order valence-electron chi connectivity index (χ0n) is 12.1. The van der Waals surface area contributed by atoms with Crippen LogP contribution in [-0.4, -0.2) is 22.6 Å². The maximum atomic E-state index is 4.56. The lowest BCUT2D eigenvalue weighted by Crippen LogP contribution is -2.33. The van der Waals surface area contributed by atoms with Gasteiger partial charge in [-0.2, -0.15) is 0 Å². The second-order valence-corrected chi connectivity index (χ2v) is 5.03. The van der Waals surface area contributed by atoms with Gasteiger partial charge in [-0.3, -0.25) is 0 Å². The minimum absolute atomic E-state index is 0.430. The molecule has 1 aromatic carbocycles. The van der Waals surface area contributed by atoms with E-state index in [-0.39, 0.29) is 0 Å². The molecular formula is C16H23N3. The van der Waals surface area contributed by atoms with Crippen molar-refractivity contribution in [1.82, 2.24) is 15.3 Å². The van der Waals surface area contributed by atoms with E-state index in [9.17, 15) is 0 Å². The topological polar surface area (TPSA) is 37.8 Å². The summed E-state index contributed by atoms with van der Waals surface area (Å²) in [7, 11) is 0. The number of hydrogen-bond donors (Lipinski definition) is 1. The Labute approximate surface area is 115 Å². The highest BCUT2D eigenvalue weighted by atomic mass is 14.9. The van der Waals surface area contributed by atoms with Crippen molar-refractivity contribution in [3.8, 4) is 0 Å². The summed E-state index contributed by atoms with van der Waals surface area (Å²) in [5.41, 5.74) is 2.21. The lowest BCUT2D eigenvalue weighted by molar-refractivity contribution is 0.445. The fourth-order valence-corrected chi connectivity index (χ4v) is 2.62. The van der Waals surface area contributed by atoms with Crippen molar-refractivity contribution in [2.24, 2.45) is 0 Å². The predicted octanol–water partition coefficient (Wildman–Crippen LogP) is 3.51. The van der Waals surface area contributed by atoms with E-state index in [0.29, 0.717) is 12.0 Å². The van der Waals surface area contributed by atoms with Crippen LogP contribution >= 0.6 is 0 Å². The molecule has 3 nitrogen and oxygen atoms in total. The number of nitrogens with one attached hydrogen (secondary N) is 1. The van der Waals surface area contributed by atoms with E-state index in [1.807, 2.05) is 6.07 Å². The molecule has 0 radical (unpaired) electrons. The van der Waals surface area contributed by atoms with E-state index >= 15 is 0 Å². The zero-order chi connectivity index (χ0) is 13.7. The number of nitrogens with zero attached hydrogens (tertiary/aromatic N) is 2. The molecule has 2 atom stereocenters. The van der Waals surface area contributed by atoms with Crippen LogP contribution in [0.5, 0.6) is 0 Å². The molecule has 2 aromatic rings. The summed E-state index contributed by atoms with van der Waals surface area (Å²) >= 11 is 0. The van der Waals surface area contributed by atoms with Crippen LogP contribution in [0.25, 0.3) is 10.9 Å². The molecule has 102 valence electrons. The molecule has 1 aromatic heterocycles. The lowest BCUT2D eigenvalue weighted by Gasteiger charge is -2.24. The van der Waals surface area contributed by atoms with E-state index in [0.717, 1.165) is 24.9 Å². The van der Waals surface area contributed by atoms with Crippen molar-refractivity contribution in [3.05, 3.63) is 36.3 Å². The fourth-order valence-electron chi connectivity index (χ4n) is 2.62. The van der Waals surface area contributed by atoms with Gasteiger partial charge in [0.05, 0.1) is 11.2 Å². The maximum absolute atomic E-state index is 4.56. The maximum Gasteiger partial charge on any atom is 0.116 e. The number of fused-ring (bicyclic) bond motifs is 1. The molecule has 1 N–H and O–H groups in total. The summed E-state index contributed by atoms with van der Waals surface area (Å²) in [6.45, 7) is 7.73. The minimum atomic E-state index is 0.430. The first-order valence-corrected chi connectivity index (χ1v) is 7.21. The Hall–Kier alpha value is -1.48. The number of hydrogen-bond acceptors (Lipinski definition) is 3. The predicted molar refractivity (Wildman–Crippen MR) is 80.3 cm³/mol. The summed E-state index contributed by atoms with van der Waals surface area (Å²) in [5, 5.41) is 4.77. The minimum Gasteiger partial charge on any atom is -0.314 e. The quantitative estimate of drug-likeness (QED) is 0.860. The first-order valence-electron chi connectivity index (χ1n) is 7.21. The molecule has 0 bridgehead atoms. The Balaban J connectivity index is 2.35. The molecule has 0 aliphatic rings. The second kappa shape index (κ2) is 6.62. The third-order valence-corrected chi connectivity index (χ3v) is 3.68. The summed E-state index contributed by atoms with van der Waals surface area (Å²) in [6.07, 6.45) is 3.93. The van der Waals surface area contributed by atoms with E-state index in [4.69, 9.17) is 0 Å². The van der Waals surface area contributed by atoms with Crippen molar-refractivity contribution in [2.45, 2.75) is 45.6 Å². The largest absolute Gasteiger partial charge is 0.314 e. The van der Waals surface area contributed by atoms with E-state index in [1.165, 1.54) is 11.1 Å². The third kappa shape index (κ3) is 3.10. The van der Waals surface area contributed by atoms with Gasteiger partial charge in [0.15, 0.2) is 0 Å². The molecule has 0 saturated heterocycles. The average molecular weight is 257 g/mol. The molecule has 0 fully saturated rings. The standard InChI is InChI=1S/C16H23N3/c1-4-10-17-12(3)13(5-2)16-14-8-6-7-9-15(14)18-11-19-16/h6-9,11-13,17H,4-5,10H2,1-3H3. The molecule has 2 unspecified atom stereocenters. The van der Waals surface area contributed by atoms with Gasteiger partial charge in [0, 0.05) is 17.3 Å². The highest BCUT2D eigenvalue weighted by Gasteiger charge is 2.20. The molecule has 0 saturated carbocycles. The molecule has 19 heavy (non-hydrogen) atoms. The van der Waals surface area contributed by atoms with Gasteiger partial charge in [0.2, 0.25) is 0 Å². The van der Waals surface area contributed by atoms with Crippen LogP contribution in [0, 0.1) is 0 Å². The Bertz CT molecular complexity index is 519. The second-order valence-electron chi connectivity index (χ2n) is 5.03.